The van der Waals surface area contributed by atoms with E-state index in [9.17, 15) is 19.2 Å². The number of amides is 2. The van der Waals surface area contributed by atoms with Crippen LogP contribution in [0.5, 0.6) is 0 Å². The zero-order valence-electron chi connectivity index (χ0n) is 19.3. The first-order valence-electron chi connectivity index (χ1n) is 10.3. The van der Waals surface area contributed by atoms with Crippen LogP contribution < -0.4 is 5.32 Å². The van der Waals surface area contributed by atoms with Crippen LogP contribution in [0.4, 0.5) is 0 Å². The third kappa shape index (κ3) is 13.5. The number of nitrogens with zero attached hydrogens (tertiary/aromatic N) is 1. The smallest absolute Gasteiger partial charge is 0.334 e. The Kier molecular flexibility index (Phi) is 13.4. The van der Waals surface area contributed by atoms with E-state index < -0.39 is 17.3 Å². The van der Waals surface area contributed by atoms with Crippen LogP contribution in [0.2, 0.25) is 0 Å². The standard InChI is InChI=1S/C22H36N2O7/c1-7-21(2,3)17-22(4,5)20(28)23-11-14-30-16-15-29-13-10-19(27)31-24(6)18(26)9-8-12-25/h1,12H,8-11,13-17H2,2-6H3,(H,23,28). The second-order valence-electron chi connectivity index (χ2n) is 8.38. The normalized spacial score (nSPS) is 11.4. The molecule has 0 saturated carbocycles. The number of hydrogen-bond donors (Lipinski definition) is 1. The van der Waals surface area contributed by atoms with Crippen molar-refractivity contribution in [3.8, 4) is 12.3 Å². The van der Waals surface area contributed by atoms with Crippen molar-refractivity contribution in [3.05, 3.63) is 0 Å². The summed E-state index contributed by atoms with van der Waals surface area (Å²) in [5.41, 5.74) is -0.941. The molecule has 0 fully saturated rings. The highest BCUT2D eigenvalue weighted by atomic mass is 16.7. The molecule has 0 aliphatic carbocycles. The first kappa shape index (κ1) is 28.6. The molecule has 0 bridgehead atoms. The number of ether oxygens (including phenoxy) is 2. The van der Waals surface area contributed by atoms with Gasteiger partial charge in [-0.15, -0.1) is 12.3 Å². The molecule has 1 N–H and O–H groups in total. The molecule has 0 saturated heterocycles. The predicted molar refractivity (Wildman–Crippen MR) is 114 cm³/mol. The fraction of sp³-hybridized carbons (Fsp3) is 0.727. The summed E-state index contributed by atoms with van der Waals surface area (Å²) < 4.78 is 10.7. The molecule has 2 amide bonds. The van der Waals surface area contributed by atoms with Gasteiger partial charge in [-0.1, -0.05) is 13.8 Å². The number of nitrogens with one attached hydrogen (secondary N) is 1. The summed E-state index contributed by atoms with van der Waals surface area (Å²) in [5.74, 6) is 1.56. The number of carbonyl (C=O) groups excluding carboxylic acids is 4. The van der Waals surface area contributed by atoms with E-state index in [1.165, 1.54) is 7.05 Å². The summed E-state index contributed by atoms with van der Waals surface area (Å²) in [5, 5.41) is 3.66. The van der Waals surface area contributed by atoms with Gasteiger partial charge < -0.3 is 24.4 Å². The minimum Gasteiger partial charge on any atom is -0.378 e. The molecule has 0 spiro atoms. The second-order valence-corrected chi connectivity index (χ2v) is 8.38. The average Bonchev–Trinajstić information content (AvgIpc) is 2.69. The van der Waals surface area contributed by atoms with Crippen molar-refractivity contribution in [1.82, 2.24) is 10.4 Å². The van der Waals surface area contributed by atoms with E-state index in [4.69, 9.17) is 20.7 Å². The molecule has 0 aliphatic heterocycles. The molecule has 0 aromatic rings. The van der Waals surface area contributed by atoms with Crippen LogP contribution in [0.15, 0.2) is 0 Å². The lowest BCUT2D eigenvalue weighted by Gasteiger charge is -2.30. The van der Waals surface area contributed by atoms with Gasteiger partial charge in [0, 0.05) is 37.3 Å². The third-order valence-corrected chi connectivity index (χ3v) is 4.31. The molecule has 0 heterocycles. The maximum Gasteiger partial charge on any atom is 0.334 e. The largest absolute Gasteiger partial charge is 0.378 e. The van der Waals surface area contributed by atoms with E-state index in [2.05, 4.69) is 11.2 Å². The van der Waals surface area contributed by atoms with Crippen LogP contribution >= 0.6 is 0 Å². The maximum absolute atomic E-state index is 12.3. The first-order valence-corrected chi connectivity index (χ1v) is 10.3. The highest BCUT2D eigenvalue weighted by molar-refractivity contribution is 5.82. The van der Waals surface area contributed by atoms with Crippen LogP contribution in [0.25, 0.3) is 0 Å². The van der Waals surface area contributed by atoms with Crippen molar-refractivity contribution >= 4 is 24.1 Å². The van der Waals surface area contributed by atoms with Gasteiger partial charge in [-0.05, 0) is 20.3 Å². The molecule has 0 radical (unpaired) electrons. The van der Waals surface area contributed by atoms with Gasteiger partial charge in [-0.2, -0.15) is 5.06 Å². The summed E-state index contributed by atoms with van der Waals surface area (Å²) in [6.45, 7) is 8.99. The number of rotatable bonds is 15. The highest BCUT2D eigenvalue weighted by Crippen LogP contribution is 2.33. The van der Waals surface area contributed by atoms with Crippen molar-refractivity contribution in [2.45, 2.75) is 53.4 Å². The van der Waals surface area contributed by atoms with Crippen molar-refractivity contribution in [1.29, 1.82) is 0 Å². The van der Waals surface area contributed by atoms with Gasteiger partial charge in [-0.25, -0.2) is 4.79 Å². The lowest BCUT2D eigenvalue weighted by atomic mass is 9.75. The minimum atomic E-state index is -0.610. The summed E-state index contributed by atoms with van der Waals surface area (Å²) in [6.07, 6.45) is 6.74. The van der Waals surface area contributed by atoms with Gasteiger partial charge in [0.05, 0.1) is 32.8 Å². The van der Waals surface area contributed by atoms with Crippen molar-refractivity contribution in [2.75, 3.05) is 40.0 Å². The van der Waals surface area contributed by atoms with Gasteiger partial charge in [0.15, 0.2) is 0 Å². The quantitative estimate of drug-likeness (QED) is 0.178. The Morgan fingerprint density at radius 1 is 1.03 bits per heavy atom. The first-order chi connectivity index (χ1) is 14.4. The van der Waals surface area contributed by atoms with Crippen molar-refractivity contribution in [2.24, 2.45) is 10.8 Å². The molecule has 0 atom stereocenters. The predicted octanol–water partition coefficient (Wildman–Crippen LogP) is 1.50. The zero-order chi connectivity index (χ0) is 23.9. The van der Waals surface area contributed by atoms with Gasteiger partial charge in [0.1, 0.15) is 6.29 Å². The molecule has 0 aromatic heterocycles. The molecule has 0 aliphatic rings. The Morgan fingerprint density at radius 2 is 1.65 bits per heavy atom. The number of hydrogen-bond acceptors (Lipinski definition) is 7. The Bertz CT molecular complexity index is 638. The van der Waals surface area contributed by atoms with Crippen molar-refractivity contribution in [3.63, 3.8) is 0 Å². The molecule has 31 heavy (non-hydrogen) atoms. The number of carbonyl (C=O) groups is 4. The molecular formula is C22H36N2O7. The molecule has 0 aromatic carbocycles. The summed E-state index contributed by atoms with van der Waals surface area (Å²) in [6, 6.07) is 0. The van der Waals surface area contributed by atoms with E-state index >= 15 is 0 Å². The molecule has 9 nitrogen and oxygen atoms in total. The lowest BCUT2D eigenvalue weighted by molar-refractivity contribution is -0.193. The van der Waals surface area contributed by atoms with E-state index in [-0.39, 0.29) is 43.8 Å². The van der Waals surface area contributed by atoms with E-state index in [1.807, 2.05) is 27.7 Å². The van der Waals surface area contributed by atoms with Crippen LogP contribution in [0.3, 0.4) is 0 Å². The van der Waals surface area contributed by atoms with Crippen LogP contribution in [-0.2, 0) is 33.5 Å². The Hall–Kier alpha value is -2.44. The fourth-order valence-electron chi connectivity index (χ4n) is 2.78. The molecule has 0 unspecified atom stereocenters. The van der Waals surface area contributed by atoms with Crippen LogP contribution in [-0.4, -0.2) is 69.2 Å². The van der Waals surface area contributed by atoms with Gasteiger partial charge in [0.25, 0.3) is 5.91 Å². The van der Waals surface area contributed by atoms with Gasteiger partial charge >= 0.3 is 5.97 Å². The van der Waals surface area contributed by atoms with E-state index in [1.54, 1.807) is 0 Å². The topological polar surface area (TPSA) is 111 Å². The second kappa shape index (κ2) is 14.5. The van der Waals surface area contributed by atoms with Gasteiger partial charge in [0.2, 0.25) is 5.91 Å². The van der Waals surface area contributed by atoms with Crippen LogP contribution in [0.1, 0.15) is 53.4 Å². The molecule has 0 rings (SSSR count). The SMILES string of the molecule is C#CC(C)(C)CC(C)(C)C(=O)NCCOCCOCCC(=O)ON(C)C(=O)CCC=O. The Labute approximate surface area is 185 Å². The number of terminal acetylenes is 1. The average molecular weight is 441 g/mol. The highest BCUT2D eigenvalue weighted by Gasteiger charge is 2.33. The lowest BCUT2D eigenvalue weighted by Crippen LogP contribution is -2.40. The summed E-state index contributed by atoms with van der Waals surface area (Å²) in [7, 11) is 1.32. The third-order valence-electron chi connectivity index (χ3n) is 4.31. The van der Waals surface area contributed by atoms with Crippen LogP contribution in [0, 0.1) is 23.2 Å². The Balaban J connectivity index is 3.81. The summed E-state index contributed by atoms with van der Waals surface area (Å²) >= 11 is 0. The van der Waals surface area contributed by atoms with E-state index in [0.717, 1.165) is 5.06 Å². The molecular weight excluding hydrogens is 404 g/mol. The molecule has 9 heteroatoms. The molecule has 176 valence electrons. The Morgan fingerprint density at radius 3 is 2.23 bits per heavy atom. The number of hydroxylamine groups is 2. The zero-order valence-corrected chi connectivity index (χ0v) is 19.3. The van der Waals surface area contributed by atoms with Crippen molar-refractivity contribution < 1.29 is 33.5 Å². The van der Waals surface area contributed by atoms with E-state index in [0.29, 0.717) is 32.5 Å². The maximum atomic E-state index is 12.3. The monoisotopic (exact) mass is 440 g/mol. The number of aldehydes is 1. The minimum absolute atomic E-state index is 0.0119. The fourth-order valence-corrected chi connectivity index (χ4v) is 2.78. The van der Waals surface area contributed by atoms with Gasteiger partial charge in [-0.3, -0.25) is 9.59 Å². The summed E-state index contributed by atoms with van der Waals surface area (Å²) in [4.78, 5) is 50.5.